The lowest BCUT2D eigenvalue weighted by molar-refractivity contribution is 1.35. The fraction of sp³-hybridized carbons (Fsp3) is 0.0500. The molecule has 0 atom stereocenters. The molecule has 0 unspecified atom stereocenters. The Morgan fingerprint density at radius 3 is 2.52 bits per heavy atom. The van der Waals surface area contributed by atoms with Crippen LogP contribution in [0, 0.1) is 6.92 Å². The number of rotatable bonds is 3. The third-order valence-electron chi connectivity index (χ3n) is 3.61. The molecule has 0 aliphatic carbocycles. The highest BCUT2D eigenvalue weighted by atomic mass is 14.7. The fourth-order valence-corrected chi connectivity index (χ4v) is 2.38. The fourth-order valence-electron chi connectivity index (χ4n) is 2.38. The molecular weight excluding hydrogens is 254 g/mol. The van der Waals surface area contributed by atoms with E-state index in [1.165, 1.54) is 11.1 Å². The van der Waals surface area contributed by atoms with Crippen molar-refractivity contribution in [1.29, 1.82) is 0 Å². The van der Waals surface area contributed by atoms with E-state index in [1.54, 1.807) is 0 Å². The van der Waals surface area contributed by atoms with Gasteiger partial charge >= 0.3 is 0 Å². The van der Waals surface area contributed by atoms with Crippen LogP contribution in [0.15, 0.2) is 73.3 Å². The molecule has 0 saturated heterocycles. The second-order valence-electron chi connectivity index (χ2n) is 5.05. The Morgan fingerprint density at radius 2 is 1.71 bits per heavy atom. The summed E-state index contributed by atoms with van der Waals surface area (Å²) < 4.78 is 0. The van der Waals surface area contributed by atoms with Gasteiger partial charge in [-0.05, 0) is 36.3 Å². The molecule has 1 heteroatoms. The zero-order valence-electron chi connectivity index (χ0n) is 12.1. The zero-order chi connectivity index (χ0) is 14.7. The number of aryl methyl sites for hydroxylation is 1. The molecule has 102 valence electrons. The quantitative estimate of drug-likeness (QED) is 0.591. The number of hydrogen-bond acceptors (Lipinski definition) is 1. The summed E-state index contributed by atoms with van der Waals surface area (Å²) in [5.41, 5.74) is 5.44. The van der Waals surface area contributed by atoms with Crippen LogP contribution < -0.4 is 0 Å². The predicted molar refractivity (Wildman–Crippen MR) is 91.0 cm³/mol. The van der Waals surface area contributed by atoms with E-state index in [0.29, 0.717) is 0 Å². The van der Waals surface area contributed by atoms with Gasteiger partial charge in [0.2, 0.25) is 0 Å². The van der Waals surface area contributed by atoms with E-state index < -0.39 is 0 Å². The molecule has 1 heterocycles. The minimum absolute atomic E-state index is 0.951. The summed E-state index contributed by atoms with van der Waals surface area (Å²) in [6.45, 7) is 6.05. The third-order valence-corrected chi connectivity index (χ3v) is 3.61. The lowest BCUT2D eigenvalue weighted by Gasteiger charge is -2.06. The Balaban J connectivity index is 2.10. The van der Waals surface area contributed by atoms with Crippen LogP contribution in [0.5, 0.6) is 0 Å². The van der Waals surface area contributed by atoms with Crippen molar-refractivity contribution in [3.63, 3.8) is 0 Å². The van der Waals surface area contributed by atoms with Crippen molar-refractivity contribution in [2.75, 3.05) is 0 Å². The number of hydrogen-bond donors (Lipinski definition) is 0. The molecule has 0 saturated carbocycles. The number of pyridine rings is 1. The number of para-hydroxylation sites is 1. The van der Waals surface area contributed by atoms with Gasteiger partial charge in [0.25, 0.3) is 0 Å². The molecule has 2 aromatic carbocycles. The van der Waals surface area contributed by atoms with Crippen molar-refractivity contribution in [3.8, 4) is 0 Å². The van der Waals surface area contributed by atoms with Gasteiger partial charge in [0.05, 0.1) is 11.2 Å². The van der Waals surface area contributed by atoms with Crippen LogP contribution in [0.4, 0.5) is 0 Å². The van der Waals surface area contributed by atoms with Crippen molar-refractivity contribution >= 4 is 22.6 Å². The molecule has 1 nitrogen and oxygen atoms in total. The Hall–Kier alpha value is -2.67. The maximum atomic E-state index is 4.73. The van der Waals surface area contributed by atoms with E-state index in [4.69, 9.17) is 4.98 Å². The maximum Gasteiger partial charge on any atom is 0.0709 e. The summed E-state index contributed by atoms with van der Waals surface area (Å²) in [5.74, 6) is 0. The van der Waals surface area contributed by atoms with Crippen LogP contribution >= 0.6 is 0 Å². The van der Waals surface area contributed by atoms with E-state index in [9.17, 15) is 0 Å². The summed E-state index contributed by atoms with van der Waals surface area (Å²) in [7, 11) is 0. The van der Waals surface area contributed by atoms with E-state index in [1.807, 2.05) is 36.4 Å². The molecule has 0 fully saturated rings. The molecule has 0 aliphatic rings. The van der Waals surface area contributed by atoms with Gasteiger partial charge in [0.1, 0.15) is 0 Å². The Kier molecular flexibility index (Phi) is 3.65. The third kappa shape index (κ3) is 2.77. The lowest BCUT2D eigenvalue weighted by atomic mass is 10.0. The molecule has 0 N–H and O–H groups in total. The van der Waals surface area contributed by atoms with Crippen LogP contribution in [-0.2, 0) is 0 Å². The summed E-state index contributed by atoms with van der Waals surface area (Å²) in [5, 5.41) is 1.15. The number of benzene rings is 2. The molecule has 21 heavy (non-hydrogen) atoms. The predicted octanol–water partition coefficient (Wildman–Crippen LogP) is 5.27. The minimum atomic E-state index is 0.951. The maximum absolute atomic E-state index is 4.73. The highest BCUT2D eigenvalue weighted by molar-refractivity contribution is 5.89. The van der Waals surface area contributed by atoms with Crippen LogP contribution in [-0.4, -0.2) is 4.98 Å². The average Bonchev–Trinajstić information content (AvgIpc) is 2.54. The molecule has 1 aromatic heterocycles. The van der Waals surface area contributed by atoms with Crippen molar-refractivity contribution < 1.29 is 0 Å². The van der Waals surface area contributed by atoms with E-state index in [-0.39, 0.29) is 0 Å². The smallest absolute Gasteiger partial charge is 0.0709 e. The normalized spacial score (nSPS) is 11.6. The summed E-state index contributed by atoms with van der Waals surface area (Å²) in [6, 6.07) is 20.6. The number of fused-ring (bicyclic) bond motifs is 1. The Labute approximate surface area is 125 Å². The molecule has 0 radical (unpaired) electrons. The number of aromatic nitrogens is 1. The van der Waals surface area contributed by atoms with Gasteiger partial charge in [-0.2, -0.15) is 0 Å². The zero-order valence-corrected chi connectivity index (χ0v) is 12.1. The minimum Gasteiger partial charge on any atom is -0.248 e. The SMILES string of the molecule is C=C/C(=C\c1ccccc1C)c1ccc2ccccc2n1. The molecule has 0 amide bonds. The highest BCUT2D eigenvalue weighted by Crippen LogP contribution is 2.22. The first-order valence-corrected chi connectivity index (χ1v) is 7.04. The van der Waals surface area contributed by atoms with Gasteiger partial charge in [-0.1, -0.05) is 61.2 Å². The van der Waals surface area contributed by atoms with Gasteiger partial charge in [-0.3, -0.25) is 0 Å². The molecular formula is C20H17N. The van der Waals surface area contributed by atoms with Gasteiger partial charge in [-0.15, -0.1) is 0 Å². The largest absolute Gasteiger partial charge is 0.248 e. The first kappa shape index (κ1) is 13.3. The van der Waals surface area contributed by atoms with Crippen LogP contribution in [0.1, 0.15) is 16.8 Å². The topological polar surface area (TPSA) is 12.9 Å². The molecule has 0 spiro atoms. The number of allylic oxidation sites excluding steroid dienone is 2. The van der Waals surface area contributed by atoms with Crippen LogP contribution in [0.2, 0.25) is 0 Å². The summed E-state index contributed by atoms with van der Waals surface area (Å²) >= 11 is 0. The van der Waals surface area contributed by atoms with Crippen molar-refractivity contribution in [3.05, 3.63) is 90.1 Å². The van der Waals surface area contributed by atoms with Gasteiger partial charge < -0.3 is 0 Å². The lowest BCUT2D eigenvalue weighted by Crippen LogP contribution is -1.89. The van der Waals surface area contributed by atoms with E-state index in [2.05, 4.69) is 49.9 Å². The number of nitrogens with zero attached hydrogens (tertiary/aromatic N) is 1. The standard InChI is InChI=1S/C20H17N/c1-3-16(14-18-10-5-4-8-15(18)2)20-13-12-17-9-6-7-11-19(17)21-20/h3-14H,1H2,2H3/b16-14+. The van der Waals surface area contributed by atoms with Crippen molar-refractivity contribution in [2.24, 2.45) is 0 Å². The van der Waals surface area contributed by atoms with Gasteiger partial charge in [0, 0.05) is 11.0 Å². The van der Waals surface area contributed by atoms with E-state index in [0.717, 1.165) is 22.2 Å². The molecule has 0 bridgehead atoms. The first-order valence-electron chi connectivity index (χ1n) is 7.04. The van der Waals surface area contributed by atoms with Gasteiger partial charge in [-0.25, -0.2) is 4.98 Å². The summed E-state index contributed by atoms with van der Waals surface area (Å²) in [6.07, 6.45) is 4.00. The summed E-state index contributed by atoms with van der Waals surface area (Å²) in [4.78, 5) is 4.73. The average molecular weight is 271 g/mol. The first-order chi connectivity index (χ1) is 10.3. The molecule has 0 aliphatic heterocycles. The monoisotopic (exact) mass is 271 g/mol. The molecule has 3 rings (SSSR count). The van der Waals surface area contributed by atoms with Crippen LogP contribution in [0.25, 0.3) is 22.6 Å². The highest BCUT2D eigenvalue weighted by Gasteiger charge is 2.03. The Bertz CT molecular complexity index is 828. The second-order valence-corrected chi connectivity index (χ2v) is 5.05. The second kappa shape index (κ2) is 5.76. The van der Waals surface area contributed by atoms with Crippen LogP contribution in [0.3, 0.4) is 0 Å². The van der Waals surface area contributed by atoms with E-state index >= 15 is 0 Å². The molecule has 3 aromatic rings. The van der Waals surface area contributed by atoms with Crippen molar-refractivity contribution in [1.82, 2.24) is 4.98 Å². The Morgan fingerprint density at radius 1 is 0.952 bits per heavy atom. The van der Waals surface area contributed by atoms with Gasteiger partial charge in [0.15, 0.2) is 0 Å². The van der Waals surface area contributed by atoms with Crippen molar-refractivity contribution in [2.45, 2.75) is 6.92 Å².